The third-order valence-electron chi connectivity index (χ3n) is 11.2. The first kappa shape index (κ1) is 54.4. The molecule has 0 aromatic carbocycles. The Kier molecular flexibility index (Phi) is 41.8. The van der Waals surface area contributed by atoms with Gasteiger partial charge in [0.25, 0.3) is 0 Å². The van der Waals surface area contributed by atoms with Gasteiger partial charge in [-0.3, -0.25) is 14.4 Å². The molecular formula is C50H96O6. The minimum Gasteiger partial charge on any atom is -0.462 e. The third-order valence-corrected chi connectivity index (χ3v) is 11.2. The van der Waals surface area contributed by atoms with Crippen molar-refractivity contribution in [1.82, 2.24) is 0 Å². The van der Waals surface area contributed by atoms with E-state index in [9.17, 15) is 14.4 Å². The van der Waals surface area contributed by atoms with Gasteiger partial charge in [-0.15, -0.1) is 0 Å². The Morgan fingerprint density at radius 1 is 0.339 bits per heavy atom. The molecule has 0 aliphatic rings. The van der Waals surface area contributed by atoms with Gasteiger partial charge in [-0.25, -0.2) is 0 Å². The largest absolute Gasteiger partial charge is 0.462 e. The van der Waals surface area contributed by atoms with Gasteiger partial charge < -0.3 is 14.2 Å². The van der Waals surface area contributed by atoms with E-state index in [4.69, 9.17) is 14.2 Å². The summed E-state index contributed by atoms with van der Waals surface area (Å²) in [6.07, 6.45) is 42.3. The van der Waals surface area contributed by atoms with E-state index >= 15 is 0 Å². The normalized spacial score (nSPS) is 12.1. The average Bonchev–Trinajstić information content (AvgIpc) is 3.16. The fraction of sp³-hybridized carbons (Fsp3) is 0.940. The van der Waals surface area contributed by atoms with Crippen molar-refractivity contribution in [3.63, 3.8) is 0 Å². The molecule has 0 aliphatic carbocycles. The molecule has 6 nitrogen and oxygen atoms in total. The number of carbonyl (C=O) groups is 3. The summed E-state index contributed by atoms with van der Waals surface area (Å²) in [5.74, 6) is 0.798. The van der Waals surface area contributed by atoms with Crippen molar-refractivity contribution in [2.45, 2.75) is 278 Å². The van der Waals surface area contributed by atoms with E-state index in [1.54, 1.807) is 0 Å². The molecule has 0 heterocycles. The van der Waals surface area contributed by atoms with Crippen LogP contribution in [-0.2, 0) is 28.6 Å². The van der Waals surface area contributed by atoms with Crippen molar-refractivity contribution in [2.75, 3.05) is 13.2 Å². The molecule has 0 amide bonds. The van der Waals surface area contributed by atoms with Crippen molar-refractivity contribution in [2.24, 2.45) is 11.8 Å². The van der Waals surface area contributed by atoms with E-state index in [1.807, 2.05) is 0 Å². The molecule has 0 rings (SSSR count). The molecule has 0 saturated carbocycles. The maximum atomic E-state index is 12.8. The predicted octanol–water partition coefficient (Wildman–Crippen LogP) is 15.8. The van der Waals surface area contributed by atoms with Crippen LogP contribution in [0, 0.1) is 11.8 Å². The lowest BCUT2D eigenvalue weighted by molar-refractivity contribution is -0.167. The van der Waals surface area contributed by atoms with E-state index in [-0.39, 0.29) is 31.1 Å². The van der Waals surface area contributed by atoms with Gasteiger partial charge in [-0.05, 0) is 31.1 Å². The molecule has 1 atom stereocenters. The Morgan fingerprint density at radius 3 is 0.875 bits per heavy atom. The van der Waals surface area contributed by atoms with Crippen molar-refractivity contribution in [1.29, 1.82) is 0 Å². The highest BCUT2D eigenvalue weighted by molar-refractivity contribution is 5.71. The van der Waals surface area contributed by atoms with Crippen molar-refractivity contribution >= 4 is 17.9 Å². The number of rotatable bonds is 44. The molecule has 0 aromatic rings. The number of unbranched alkanes of at least 4 members (excludes halogenated alkanes) is 29. The molecule has 0 spiro atoms. The van der Waals surface area contributed by atoms with Crippen LogP contribution in [0.2, 0.25) is 0 Å². The second kappa shape index (κ2) is 43.0. The van der Waals surface area contributed by atoms with Gasteiger partial charge >= 0.3 is 17.9 Å². The van der Waals surface area contributed by atoms with Gasteiger partial charge in [-0.1, -0.05) is 234 Å². The lowest BCUT2D eigenvalue weighted by Gasteiger charge is -2.18. The summed E-state index contributed by atoms with van der Waals surface area (Å²) in [7, 11) is 0. The highest BCUT2D eigenvalue weighted by Gasteiger charge is 2.19. The van der Waals surface area contributed by atoms with Gasteiger partial charge in [-0.2, -0.15) is 0 Å². The van der Waals surface area contributed by atoms with Crippen molar-refractivity contribution < 1.29 is 28.6 Å². The summed E-state index contributed by atoms with van der Waals surface area (Å²) < 4.78 is 16.7. The zero-order valence-corrected chi connectivity index (χ0v) is 38.3. The van der Waals surface area contributed by atoms with E-state index in [0.717, 1.165) is 69.6 Å². The molecule has 0 fully saturated rings. The first-order valence-electron chi connectivity index (χ1n) is 24.7. The van der Waals surface area contributed by atoms with Crippen LogP contribution < -0.4 is 0 Å². The third kappa shape index (κ3) is 43.5. The van der Waals surface area contributed by atoms with Crippen LogP contribution in [0.4, 0.5) is 0 Å². The minimum atomic E-state index is -0.760. The number of hydrogen-bond acceptors (Lipinski definition) is 6. The second-order valence-electron chi connectivity index (χ2n) is 18.1. The monoisotopic (exact) mass is 793 g/mol. The quantitative estimate of drug-likeness (QED) is 0.0347. The molecule has 332 valence electrons. The lowest BCUT2D eigenvalue weighted by atomic mass is 10.0. The van der Waals surface area contributed by atoms with Crippen LogP contribution in [0.15, 0.2) is 0 Å². The maximum absolute atomic E-state index is 12.8. The molecule has 0 radical (unpaired) electrons. The second-order valence-corrected chi connectivity index (χ2v) is 18.1. The van der Waals surface area contributed by atoms with Crippen LogP contribution >= 0.6 is 0 Å². The Morgan fingerprint density at radius 2 is 0.589 bits per heavy atom. The molecular weight excluding hydrogens is 697 g/mol. The van der Waals surface area contributed by atoms with E-state index in [2.05, 4.69) is 34.6 Å². The summed E-state index contributed by atoms with van der Waals surface area (Å²) in [5, 5.41) is 0. The Bertz CT molecular complexity index is 854. The average molecular weight is 793 g/mol. The highest BCUT2D eigenvalue weighted by atomic mass is 16.6. The summed E-state index contributed by atoms with van der Waals surface area (Å²) in [6.45, 7) is 11.3. The van der Waals surface area contributed by atoms with Crippen molar-refractivity contribution in [3.8, 4) is 0 Å². The van der Waals surface area contributed by atoms with Crippen LogP contribution in [0.1, 0.15) is 272 Å². The Balaban J connectivity index is 4.27. The van der Waals surface area contributed by atoms with Crippen LogP contribution in [0.5, 0.6) is 0 Å². The fourth-order valence-corrected chi connectivity index (χ4v) is 7.46. The Hall–Kier alpha value is -1.59. The Labute approximate surface area is 348 Å². The molecule has 6 heteroatoms. The number of esters is 3. The molecule has 0 bridgehead atoms. The predicted molar refractivity (Wildman–Crippen MR) is 238 cm³/mol. The first-order chi connectivity index (χ1) is 27.2. The first-order valence-corrected chi connectivity index (χ1v) is 24.7. The number of ether oxygens (including phenoxy) is 3. The highest BCUT2D eigenvalue weighted by Crippen LogP contribution is 2.17. The fourth-order valence-electron chi connectivity index (χ4n) is 7.46. The zero-order valence-electron chi connectivity index (χ0n) is 38.3. The van der Waals surface area contributed by atoms with Crippen molar-refractivity contribution in [3.05, 3.63) is 0 Å². The lowest BCUT2D eigenvalue weighted by Crippen LogP contribution is -2.30. The number of carbonyl (C=O) groups excluding carboxylic acids is 3. The van der Waals surface area contributed by atoms with E-state index in [1.165, 1.54) is 161 Å². The summed E-state index contributed by atoms with van der Waals surface area (Å²) in [6, 6.07) is 0. The van der Waals surface area contributed by atoms with Gasteiger partial charge in [0, 0.05) is 19.3 Å². The van der Waals surface area contributed by atoms with Crippen LogP contribution in [-0.4, -0.2) is 37.2 Å². The van der Waals surface area contributed by atoms with Gasteiger partial charge in [0.2, 0.25) is 0 Å². The molecule has 56 heavy (non-hydrogen) atoms. The minimum absolute atomic E-state index is 0.0644. The molecule has 0 unspecified atom stereocenters. The maximum Gasteiger partial charge on any atom is 0.306 e. The van der Waals surface area contributed by atoms with Crippen LogP contribution in [0.25, 0.3) is 0 Å². The standard InChI is InChI=1S/C50H96O6/c1-6-7-8-9-10-18-25-30-35-40-48(51)54-43-47(44-55-49(52)41-36-31-26-22-17-20-24-29-34-39-46(4)5)56-50(53)42-37-32-27-21-16-14-12-11-13-15-19-23-28-33-38-45(2)3/h45-47H,6-44H2,1-5H3/t47-/m1/s1. The summed E-state index contributed by atoms with van der Waals surface area (Å²) >= 11 is 0. The van der Waals surface area contributed by atoms with E-state index in [0.29, 0.717) is 19.3 Å². The summed E-state index contributed by atoms with van der Waals surface area (Å²) in [5.41, 5.74) is 0. The van der Waals surface area contributed by atoms with E-state index < -0.39 is 6.10 Å². The molecule has 0 aromatic heterocycles. The van der Waals surface area contributed by atoms with Gasteiger partial charge in [0.1, 0.15) is 13.2 Å². The topological polar surface area (TPSA) is 78.9 Å². The molecule has 0 aliphatic heterocycles. The SMILES string of the molecule is CCCCCCCCCCCC(=O)OC[C@H](COC(=O)CCCCCCCCCCCC(C)C)OC(=O)CCCCCCCCCCCCCCCCC(C)C. The smallest absolute Gasteiger partial charge is 0.306 e. The molecule has 0 N–H and O–H groups in total. The van der Waals surface area contributed by atoms with Gasteiger partial charge in [0.15, 0.2) is 6.10 Å². The summed E-state index contributed by atoms with van der Waals surface area (Å²) in [4.78, 5) is 37.8. The van der Waals surface area contributed by atoms with Gasteiger partial charge in [0.05, 0.1) is 0 Å². The van der Waals surface area contributed by atoms with Crippen LogP contribution in [0.3, 0.4) is 0 Å². The number of hydrogen-bond donors (Lipinski definition) is 0. The molecule has 0 saturated heterocycles. The zero-order chi connectivity index (χ0) is 41.2.